The fourth-order valence-electron chi connectivity index (χ4n) is 3.91. The standard InChI is InChI=1S/C27H35N3O4/c1-3-20(2)29-27(33)22-10-7-9-21(17-22)18-28-26(32)23-11-8-15-30(19-23)25(31)14-16-34-24-12-5-4-6-13-24/h4-7,9-10,12-13,17,20,23H,3,8,11,14-16,18-19H2,1-2H3,(H,28,32)(H,29,33). The molecule has 1 aliphatic rings. The van der Waals surface area contributed by atoms with Gasteiger partial charge in [-0.25, -0.2) is 0 Å². The molecule has 34 heavy (non-hydrogen) atoms. The minimum Gasteiger partial charge on any atom is -0.493 e. The number of para-hydroxylation sites is 1. The first-order valence-electron chi connectivity index (χ1n) is 12.1. The van der Waals surface area contributed by atoms with E-state index in [0.29, 0.717) is 31.8 Å². The molecule has 0 bridgehead atoms. The lowest BCUT2D eigenvalue weighted by atomic mass is 9.96. The van der Waals surface area contributed by atoms with Crippen molar-refractivity contribution in [3.8, 4) is 5.75 Å². The molecule has 1 aliphatic heterocycles. The number of amides is 3. The van der Waals surface area contributed by atoms with Crippen LogP contribution < -0.4 is 15.4 Å². The summed E-state index contributed by atoms with van der Waals surface area (Å²) >= 11 is 0. The summed E-state index contributed by atoms with van der Waals surface area (Å²) in [6.07, 6.45) is 2.71. The summed E-state index contributed by atoms with van der Waals surface area (Å²) in [6, 6.07) is 16.8. The van der Waals surface area contributed by atoms with Crippen molar-refractivity contribution in [2.75, 3.05) is 19.7 Å². The van der Waals surface area contributed by atoms with Gasteiger partial charge in [0.2, 0.25) is 11.8 Å². The third kappa shape index (κ3) is 7.61. The minimum atomic E-state index is -0.232. The number of carbonyl (C=O) groups is 3. The van der Waals surface area contributed by atoms with Crippen LogP contribution in [0.1, 0.15) is 55.5 Å². The van der Waals surface area contributed by atoms with Gasteiger partial charge < -0.3 is 20.3 Å². The molecule has 0 radical (unpaired) electrons. The van der Waals surface area contributed by atoms with Crippen molar-refractivity contribution >= 4 is 17.7 Å². The predicted molar refractivity (Wildman–Crippen MR) is 131 cm³/mol. The molecular formula is C27H35N3O4. The summed E-state index contributed by atoms with van der Waals surface area (Å²) in [4.78, 5) is 39.5. The van der Waals surface area contributed by atoms with Crippen LogP contribution in [0.4, 0.5) is 0 Å². The zero-order chi connectivity index (χ0) is 24.3. The normalized spacial score (nSPS) is 16.4. The second-order valence-corrected chi connectivity index (χ2v) is 8.79. The maximum Gasteiger partial charge on any atom is 0.251 e. The van der Waals surface area contributed by atoms with Crippen LogP contribution in [0.3, 0.4) is 0 Å². The maximum atomic E-state index is 12.8. The van der Waals surface area contributed by atoms with Gasteiger partial charge in [0.15, 0.2) is 0 Å². The second-order valence-electron chi connectivity index (χ2n) is 8.79. The Bertz CT molecular complexity index is 963. The summed E-state index contributed by atoms with van der Waals surface area (Å²) < 4.78 is 5.63. The lowest BCUT2D eigenvalue weighted by Gasteiger charge is -2.32. The third-order valence-corrected chi connectivity index (χ3v) is 6.12. The summed E-state index contributed by atoms with van der Waals surface area (Å²) in [5.74, 6) is 0.346. The van der Waals surface area contributed by atoms with Gasteiger partial charge in [-0.1, -0.05) is 37.3 Å². The molecule has 0 spiro atoms. The molecule has 7 nitrogen and oxygen atoms in total. The van der Waals surface area contributed by atoms with Gasteiger partial charge in [-0.15, -0.1) is 0 Å². The van der Waals surface area contributed by atoms with Crippen molar-refractivity contribution in [3.05, 3.63) is 65.7 Å². The summed E-state index contributed by atoms with van der Waals surface area (Å²) in [5, 5.41) is 5.93. The van der Waals surface area contributed by atoms with Gasteiger partial charge in [-0.2, -0.15) is 0 Å². The second kappa shape index (κ2) is 12.8. The third-order valence-electron chi connectivity index (χ3n) is 6.12. The van der Waals surface area contributed by atoms with Crippen LogP contribution in [0, 0.1) is 5.92 Å². The van der Waals surface area contributed by atoms with Gasteiger partial charge >= 0.3 is 0 Å². The fraction of sp³-hybridized carbons (Fsp3) is 0.444. The Hall–Kier alpha value is -3.35. The topological polar surface area (TPSA) is 87.7 Å². The quantitative estimate of drug-likeness (QED) is 0.562. The highest BCUT2D eigenvalue weighted by atomic mass is 16.5. The number of hydrogen-bond donors (Lipinski definition) is 2. The predicted octanol–water partition coefficient (Wildman–Crippen LogP) is 3.54. The lowest BCUT2D eigenvalue weighted by molar-refractivity contribution is -0.136. The van der Waals surface area contributed by atoms with Crippen LogP contribution in [0.2, 0.25) is 0 Å². The first-order valence-corrected chi connectivity index (χ1v) is 12.1. The summed E-state index contributed by atoms with van der Waals surface area (Å²) in [6.45, 7) is 5.75. The van der Waals surface area contributed by atoms with Crippen LogP contribution in [-0.2, 0) is 16.1 Å². The molecule has 182 valence electrons. The van der Waals surface area contributed by atoms with Crippen molar-refractivity contribution in [1.29, 1.82) is 0 Å². The molecule has 3 amide bonds. The lowest BCUT2D eigenvalue weighted by Crippen LogP contribution is -2.45. The average Bonchev–Trinajstić information content (AvgIpc) is 2.88. The summed E-state index contributed by atoms with van der Waals surface area (Å²) in [5.41, 5.74) is 1.45. The van der Waals surface area contributed by atoms with Gasteiger partial charge in [-0.05, 0) is 56.0 Å². The van der Waals surface area contributed by atoms with E-state index >= 15 is 0 Å². The molecule has 2 unspecified atom stereocenters. The molecule has 2 aromatic rings. The molecule has 1 saturated heterocycles. The highest BCUT2D eigenvalue weighted by Crippen LogP contribution is 2.18. The van der Waals surface area contributed by atoms with E-state index in [9.17, 15) is 14.4 Å². The fourth-order valence-corrected chi connectivity index (χ4v) is 3.91. The Labute approximate surface area is 201 Å². The molecule has 0 aliphatic carbocycles. The van der Waals surface area contributed by atoms with Gasteiger partial charge in [0.25, 0.3) is 5.91 Å². The highest BCUT2D eigenvalue weighted by molar-refractivity contribution is 5.94. The SMILES string of the molecule is CCC(C)NC(=O)c1cccc(CNC(=O)C2CCCN(C(=O)CCOc3ccccc3)C2)c1. The van der Waals surface area contributed by atoms with Gasteiger partial charge in [-0.3, -0.25) is 14.4 Å². The van der Waals surface area contributed by atoms with Crippen LogP contribution in [0.15, 0.2) is 54.6 Å². The molecule has 2 atom stereocenters. The number of hydrogen-bond acceptors (Lipinski definition) is 4. The van der Waals surface area contributed by atoms with Crippen LogP contribution in [0.5, 0.6) is 5.75 Å². The number of piperidine rings is 1. The van der Waals surface area contributed by atoms with Gasteiger partial charge in [0, 0.05) is 31.2 Å². The first kappa shape index (κ1) is 25.3. The van der Waals surface area contributed by atoms with Crippen molar-refractivity contribution in [2.24, 2.45) is 5.92 Å². The molecule has 3 rings (SSSR count). The molecule has 1 fully saturated rings. The van der Waals surface area contributed by atoms with Crippen LogP contribution in [0.25, 0.3) is 0 Å². The first-order chi connectivity index (χ1) is 16.5. The largest absolute Gasteiger partial charge is 0.493 e. The maximum absolute atomic E-state index is 12.8. The average molecular weight is 466 g/mol. The van der Waals surface area contributed by atoms with E-state index in [1.165, 1.54) is 0 Å². The van der Waals surface area contributed by atoms with Crippen LogP contribution in [-0.4, -0.2) is 48.4 Å². The molecular weight excluding hydrogens is 430 g/mol. The number of rotatable bonds is 10. The van der Waals surface area contributed by atoms with Crippen molar-refractivity contribution in [3.63, 3.8) is 0 Å². The number of benzene rings is 2. The van der Waals surface area contributed by atoms with Gasteiger partial charge in [0.05, 0.1) is 18.9 Å². The van der Waals surface area contributed by atoms with E-state index in [0.717, 1.165) is 30.6 Å². The van der Waals surface area contributed by atoms with E-state index in [2.05, 4.69) is 10.6 Å². The number of nitrogens with one attached hydrogen (secondary N) is 2. The Morgan fingerprint density at radius 1 is 1.12 bits per heavy atom. The monoisotopic (exact) mass is 465 g/mol. The van der Waals surface area contributed by atoms with Crippen molar-refractivity contribution in [2.45, 2.75) is 52.1 Å². The van der Waals surface area contributed by atoms with E-state index in [1.807, 2.05) is 56.3 Å². The molecule has 2 aromatic carbocycles. The van der Waals surface area contributed by atoms with Crippen molar-refractivity contribution < 1.29 is 19.1 Å². The van der Waals surface area contributed by atoms with Crippen molar-refractivity contribution in [1.82, 2.24) is 15.5 Å². The molecule has 2 N–H and O–H groups in total. The molecule has 0 aromatic heterocycles. The van der Waals surface area contributed by atoms with E-state index in [4.69, 9.17) is 4.74 Å². The highest BCUT2D eigenvalue weighted by Gasteiger charge is 2.28. The van der Waals surface area contributed by atoms with E-state index in [1.54, 1.807) is 17.0 Å². The van der Waals surface area contributed by atoms with E-state index in [-0.39, 0.29) is 36.1 Å². The van der Waals surface area contributed by atoms with E-state index < -0.39 is 0 Å². The van der Waals surface area contributed by atoms with Crippen LogP contribution >= 0.6 is 0 Å². The Kier molecular flexibility index (Phi) is 9.50. The number of carbonyl (C=O) groups excluding carboxylic acids is 3. The smallest absolute Gasteiger partial charge is 0.251 e. The molecule has 0 saturated carbocycles. The number of ether oxygens (including phenoxy) is 1. The zero-order valence-electron chi connectivity index (χ0n) is 20.1. The Balaban J connectivity index is 1.45. The zero-order valence-corrected chi connectivity index (χ0v) is 20.1. The number of likely N-dealkylation sites (tertiary alicyclic amines) is 1. The Morgan fingerprint density at radius 3 is 2.68 bits per heavy atom. The Morgan fingerprint density at radius 2 is 1.91 bits per heavy atom. The summed E-state index contributed by atoms with van der Waals surface area (Å²) in [7, 11) is 0. The minimum absolute atomic E-state index is 0.00783. The van der Waals surface area contributed by atoms with Gasteiger partial charge in [0.1, 0.15) is 5.75 Å². The number of nitrogens with zero attached hydrogens (tertiary/aromatic N) is 1. The molecule has 1 heterocycles. The molecule has 7 heteroatoms.